The van der Waals surface area contributed by atoms with Crippen molar-refractivity contribution >= 4 is 33.3 Å². The summed E-state index contributed by atoms with van der Waals surface area (Å²) in [6.45, 7) is 12.1. The summed E-state index contributed by atoms with van der Waals surface area (Å²) >= 11 is 0. The average molecular weight is 814 g/mol. The Morgan fingerprint density at radius 3 is 2.27 bits per heavy atom. The van der Waals surface area contributed by atoms with Gasteiger partial charge in [0.15, 0.2) is 0 Å². The Morgan fingerprint density at radius 1 is 0.812 bits per heavy atom. The zero-order valence-electron chi connectivity index (χ0n) is 28.4. The SMILES string of the molecule is CCCC(CCC)[C@@H]1CN(c2c(C)cc(C)cc2C)C(c2[c-]c(Oc3[c-]c4c(cc3)c3ccccc3n4-c3ccccn3)ccc2)=N1.[Pt+2]. The molecule has 6 aromatic rings. The van der Waals surface area contributed by atoms with E-state index in [4.69, 9.17) is 9.73 Å². The molecule has 4 aromatic carbocycles. The molecule has 0 aliphatic carbocycles. The van der Waals surface area contributed by atoms with Gasteiger partial charge in [0.1, 0.15) is 5.82 Å². The minimum atomic E-state index is 0. The number of aromatic nitrogens is 2. The van der Waals surface area contributed by atoms with Crippen molar-refractivity contribution in [1.29, 1.82) is 0 Å². The van der Waals surface area contributed by atoms with Crippen LogP contribution in [0.25, 0.3) is 27.6 Å². The summed E-state index contributed by atoms with van der Waals surface area (Å²) in [6.07, 6.45) is 6.54. The smallest absolute Gasteiger partial charge is 0.503 e. The quantitative estimate of drug-likeness (QED) is 0.129. The van der Waals surface area contributed by atoms with Crippen LogP contribution < -0.4 is 9.64 Å². The van der Waals surface area contributed by atoms with Gasteiger partial charge in [0.05, 0.1) is 11.9 Å². The molecule has 0 bridgehead atoms. The molecule has 0 N–H and O–H groups in total. The first kappa shape index (κ1) is 33.7. The minimum Gasteiger partial charge on any atom is -0.503 e. The molecular weight excluding hydrogens is 772 g/mol. The first-order valence-corrected chi connectivity index (χ1v) is 17.0. The Hall–Kier alpha value is -4.21. The number of para-hydroxylation sites is 1. The molecule has 246 valence electrons. The van der Waals surface area contributed by atoms with Gasteiger partial charge in [-0.05, 0) is 74.2 Å². The molecule has 48 heavy (non-hydrogen) atoms. The largest absolute Gasteiger partial charge is 2.00 e. The molecule has 1 aliphatic rings. The first-order valence-electron chi connectivity index (χ1n) is 17.0. The summed E-state index contributed by atoms with van der Waals surface area (Å²) < 4.78 is 8.66. The van der Waals surface area contributed by atoms with E-state index in [1.807, 2.05) is 42.6 Å². The predicted molar refractivity (Wildman–Crippen MR) is 194 cm³/mol. The molecule has 5 nitrogen and oxygen atoms in total. The second kappa shape index (κ2) is 14.5. The van der Waals surface area contributed by atoms with Crippen LogP contribution in [-0.2, 0) is 21.1 Å². The topological polar surface area (TPSA) is 42.6 Å². The van der Waals surface area contributed by atoms with Gasteiger partial charge in [-0.2, -0.15) is 6.07 Å². The van der Waals surface area contributed by atoms with Gasteiger partial charge in [0, 0.05) is 35.4 Å². The van der Waals surface area contributed by atoms with Crippen molar-refractivity contribution < 1.29 is 25.8 Å². The number of aryl methyl sites for hydroxylation is 3. The predicted octanol–water partition coefficient (Wildman–Crippen LogP) is 10.3. The average Bonchev–Trinajstić information content (AvgIpc) is 3.64. The third-order valence-electron chi connectivity index (χ3n) is 9.35. The molecule has 0 fully saturated rings. The zero-order chi connectivity index (χ0) is 32.5. The van der Waals surface area contributed by atoms with Crippen molar-refractivity contribution in [3.05, 3.63) is 126 Å². The maximum Gasteiger partial charge on any atom is 2.00 e. The van der Waals surface area contributed by atoms with Gasteiger partial charge >= 0.3 is 21.1 Å². The molecule has 0 saturated heterocycles. The van der Waals surface area contributed by atoms with E-state index in [0.717, 1.165) is 45.6 Å². The van der Waals surface area contributed by atoms with Crippen LogP contribution in [0.3, 0.4) is 0 Å². The van der Waals surface area contributed by atoms with Crippen molar-refractivity contribution in [2.45, 2.75) is 66.3 Å². The standard InChI is InChI=1S/C42H42N4O.Pt/c1-6-13-31(14-7-2)37-27-45(41-29(4)23-28(3)24-30(41)5)42(44-37)32-15-12-16-33(25-32)47-34-20-21-36-35-17-8-9-18-38(35)46(39(36)26-34)40-19-10-11-22-43-40;/h8-12,15-24,31,37H,6-7,13-14,27H2,1-5H3;/q-2;+2/t37-;/m0./s1. The second-order valence-corrected chi connectivity index (χ2v) is 12.9. The van der Waals surface area contributed by atoms with Crippen LogP contribution in [0.4, 0.5) is 5.69 Å². The Morgan fingerprint density at radius 2 is 1.54 bits per heavy atom. The van der Waals surface area contributed by atoms with E-state index in [1.165, 1.54) is 48.1 Å². The van der Waals surface area contributed by atoms with E-state index in [2.05, 4.69) is 110 Å². The number of rotatable bonds is 10. The second-order valence-electron chi connectivity index (χ2n) is 12.9. The van der Waals surface area contributed by atoms with Crippen LogP contribution >= 0.6 is 0 Å². The minimum absolute atomic E-state index is 0. The summed E-state index contributed by atoms with van der Waals surface area (Å²) in [5.74, 6) is 3.65. The summed E-state index contributed by atoms with van der Waals surface area (Å²) in [5.41, 5.74) is 8.04. The molecular formula is C42H42N4OPt. The molecule has 6 heteroatoms. The molecule has 0 saturated carbocycles. The number of ether oxygens (including phenoxy) is 1. The van der Waals surface area contributed by atoms with E-state index >= 15 is 0 Å². The van der Waals surface area contributed by atoms with Crippen molar-refractivity contribution in [2.75, 3.05) is 11.4 Å². The number of nitrogens with zero attached hydrogens (tertiary/aromatic N) is 4. The van der Waals surface area contributed by atoms with Gasteiger partial charge in [-0.3, -0.25) is 0 Å². The fourth-order valence-electron chi connectivity index (χ4n) is 7.49. The van der Waals surface area contributed by atoms with Crippen LogP contribution in [0.15, 0.2) is 96.1 Å². The maximum atomic E-state index is 6.51. The molecule has 7 rings (SSSR count). The third-order valence-corrected chi connectivity index (χ3v) is 9.35. The van der Waals surface area contributed by atoms with Crippen molar-refractivity contribution in [1.82, 2.24) is 9.55 Å². The van der Waals surface area contributed by atoms with Crippen LogP contribution in [0, 0.1) is 38.8 Å². The van der Waals surface area contributed by atoms with Crippen LogP contribution in [0.5, 0.6) is 11.5 Å². The van der Waals surface area contributed by atoms with Crippen LogP contribution in [0.2, 0.25) is 0 Å². The Labute approximate surface area is 299 Å². The van der Waals surface area contributed by atoms with Crippen molar-refractivity contribution in [2.24, 2.45) is 10.9 Å². The molecule has 0 spiro atoms. The zero-order valence-corrected chi connectivity index (χ0v) is 30.6. The fourth-order valence-corrected chi connectivity index (χ4v) is 7.49. The normalized spacial score (nSPS) is 14.5. The summed E-state index contributed by atoms with van der Waals surface area (Å²) in [7, 11) is 0. The van der Waals surface area contributed by atoms with Gasteiger partial charge in [-0.25, -0.2) is 4.98 Å². The number of aliphatic imine (C=N–C) groups is 1. The number of benzene rings is 4. The first-order chi connectivity index (χ1) is 22.9. The van der Waals surface area contributed by atoms with Gasteiger partial charge < -0.3 is 19.2 Å². The number of pyridine rings is 1. The molecule has 2 aromatic heterocycles. The maximum absolute atomic E-state index is 6.51. The van der Waals surface area contributed by atoms with Crippen LogP contribution in [0.1, 0.15) is 61.8 Å². The Kier molecular flexibility index (Phi) is 10.2. The molecule has 1 atom stereocenters. The summed E-state index contributed by atoms with van der Waals surface area (Å²) in [4.78, 5) is 12.6. The molecule has 1 aliphatic heterocycles. The van der Waals surface area contributed by atoms with Gasteiger partial charge in [-0.15, -0.1) is 41.3 Å². The number of amidine groups is 1. The van der Waals surface area contributed by atoms with Crippen molar-refractivity contribution in [3.63, 3.8) is 0 Å². The number of fused-ring (bicyclic) bond motifs is 3. The Balaban J connectivity index is 0.00000401. The van der Waals surface area contributed by atoms with E-state index in [-0.39, 0.29) is 27.1 Å². The van der Waals surface area contributed by atoms with Gasteiger partial charge in [0.2, 0.25) is 0 Å². The van der Waals surface area contributed by atoms with Gasteiger partial charge in [0.25, 0.3) is 0 Å². The van der Waals surface area contributed by atoms with E-state index in [1.54, 1.807) is 0 Å². The van der Waals surface area contributed by atoms with Crippen LogP contribution in [-0.4, -0.2) is 28.0 Å². The summed E-state index contributed by atoms with van der Waals surface area (Å²) in [6, 6.07) is 36.6. The molecule has 0 unspecified atom stereocenters. The number of anilines is 1. The molecule has 0 amide bonds. The summed E-state index contributed by atoms with van der Waals surface area (Å²) in [5, 5.41) is 2.26. The van der Waals surface area contributed by atoms with Gasteiger partial charge in [-0.1, -0.05) is 80.2 Å². The van der Waals surface area contributed by atoms with E-state index in [9.17, 15) is 0 Å². The van der Waals surface area contributed by atoms with E-state index in [0.29, 0.717) is 17.4 Å². The third kappa shape index (κ3) is 6.45. The fraction of sp³-hybridized carbons (Fsp3) is 0.286. The van der Waals surface area contributed by atoms with Crippen molar-refractivity contribution in [3.8, 4) is 17.3 Å². The number of hydrogen-bond donors (Lipinski definition) is 0. The monoisotopic (exact) mass is 813 g/mol. The molecule has 0 radical (unpaired) electrons. The number of hydrogen-bond acceptors (Lipinski definition) is 4. The molecule has 3 heterocycles. The van der Waals surface area contributed by atoms with E-state index < -0.39 is 0 Å². The Bertz CT molecular complexity index is 2050.